The first-order chi connectivity index (χ1) is 8.49. The summed E-state index contributed by atoms with van der Waals surface area (Å²) in [6.45, 7) is 3.77. The Balaban J connectivity index is 2.73. The monoisotopic (exact) mass is 271 g/mol. The van der Waals surface area contributed by atoms with Gasteiger partial charge in [0, 0.05) is 12.8 Å². The predicted molar refractivity (Wildman–Crippen MR) is 69.7 cm³/mol. The van der Waals surface area contributed by atoms with Gasteiger partial charge in [0.25, 0.3) is 5.91 Å². The van der Waals surface area contributed by atoms with Crippen LogP contribution in [0.25, 0.3) is 0 Å². The van der Waals surface area contributed by atoms with Crippen molar-refractivity contribution < 1.29 is 14.3 Å². The maximum atomic E-state index is 11.9. The summed E-state index contributed by atoms with van der Waals surface area (Å²) in [6, 6.07) is 0.895. The molecular weight excluding hydrogens is 254 g/mol. The van der Waals surface area contributed by atoms with E-state index in [0.717, 1.165) is 5.69 Å². The van der Waals surface area contributed by atoms with Crippen molar-refractivity contribution in [2.24, 2.45) is 7.05 Å². The van der Waals surface area contributed by atoms with Crippen molar-refractivity contribution in [2.45, 2.75) is 19.9 Å². The van der Waals surface area contributed by atoms with Gasteiger partial charge in [-0.05, 0) is 19.9 Å². The molecule has 1 aromatic heterocycles. The fraction of sp³-hybridized carbons (Fsp3) is 0.545. The van der Waals surface area contributed by atoms with Crippen LogP contribution in [-0.4, -0.2) is 40.1 Å². The largest absolute Gasteiger partial charge is 0.464 e. The lowest BCUT2D eigenvalue weighted by atomic mass is 10.3. The van der Waals surface area contributed by atoms with E-state index in [1.54, 1.807) is 27.0 Å². The number of rotatable bonds is 5. The second kappa shape index (κ2) is 6.44. The van der Waals surface area contributed by atoms with Crippen LogP contribution >= 0.6 is 12.6 Å². The van der Waals surface area contributed by atoms with Gasteiger partial charge in [-0.15, -0.1) is 0 Å². The Labute approximate surface area is 111 Å². The summed E-state index contributed by atoms with van der Waals surface area (Å²) in [5.74, 6) is -0.675. The molecule has 0 radical (unpaired) electrons. The highest BCUT2D eigenvalue weighted by atomic mass is 32.1. The summed E-state index contributed by atoms with van der Waals surface area (Å²) in [4.78, 5) is 23.5. The molecular formula is C11H17N3O3S. The molecule has 0 saturated heterocycles. The Hall–Kier alpha value is -1.50. The minimum Gasteiger partial charge on any atom is -0.464 e. The third kappa shape index (κ3) is 3.49. The van der Waals surface area contributed by atoms with Crippen LogP contribution in [0.4, 0.5) is 0 Å². The van der Waals surface area contributed by atoms with Crippen LogP contribution in [0.2, 0.25) is 0 Å². The zero-order valence-electron chi connectivity index (χ0n) is 10.6. The van der Waals surface area contributed by atoms with Crippen molar-refractivity contribution in [3.8, 4) is 0 Å². The highest BCUT2D eigenvalue weighted by Crippen LogP contribution is 2.03. The van der Waals surface area contributed by atoms with Crippen LogP contribution in [0.1, 0.15) is 23.1 Å². The van der Waals surface area contributed by atoms with Gasteiger partial charge in [0.05, 0.1) is 12.3 Å². The van der Waals surface area contributed by atoms with E-state index < -0.39 is 12.0 Å². The Morgan fingerprint density at radius 3 is 2.72 bits per heavy atom. The summed E-state index contributed by atoms with van der Waals surface area (Å²) in [5.41, 5.74) is 1.13. The number of hydrogen-bond acceptors (Lipinski definition) is 5. The second-order valence-corrected chi connectivity index (χ2v) is 4.12. The Morgan fingerprint density at radius 2 is 2.28 bits per heavy atom. The first kappa shape index (κ1) is 14.6. The molecule has 18 heavy (non-hydrogen) atoms. The number of hydrogen-bond donors (Lipinski definition) is 2. The molecule has 0 aliphatic carbocycles. The van der Waals surface area contributed by atoms with Gasteiger partial charge in [-0.3, -0.25) is 9.48 Å². The molecule has 1 N–H and O–H groups in total. The predicted octanol–water partition coefficient (Wildman–Crippen LogP) is 0.320. The van der Waals surface area contributed by atoms with Crippen LogP contribution in [0.3, 0.4) is 0 Å². The lowest BCUT2D eigenvalue weighted by Crippen LogP contribution is -2.43. The fourth-order valence-electron chi connectivity index (χ4n) is 1.48. The van der Waals surface area contributed by atoms with Crippen LogP contribution < -0.4 is 5.32 Å². The Kier molecular flexibility index (Phi) is 5.21. The van der Waals surface area contributed by atoms with E-state index in [1.807, 2.05) is 0 Å². The van der Waals surface area contributed by atoms with E-state index in [0.29, 0.717) is 5.69 Å². The van der Waals surface area contributed by atoms with Crippen LogP contribution in [0.15, 0.2) is 6.07 Å². The maximum Gasteiger partial charge on any atom is 0.329 e. The number of carbonyl (C=O) groups excluding carboxylic acids is 2. The first-order valence-electron chi connectivity index (χ1n) is 5.58. The zero-order chi connectivity index (χ0) is 13.7. The molecule has 1 rings (SSSR count). The minimum atomic E-state index is -0.754. The fourth-order valence-corrected chi connectivity index (χ4v) is 1.72. The van der Waals surface area contributed by atoms with Crippen LogP contribution in [-0.2, 0) is 16.6 Å². The SMILES string of the molecule is CCOC(=O)[C@H](CS)NC(=O)c1cc(C)nn1C. The molecule has 100 valence electrons. The van der Waals surface area contributed by atoms with E-state index in [9.17, 15) is 9.59 Å². The van der Waals surface area contributed by atoms with E-state index in [1.165, 1.54) is 4.68 Å². The van der Waals surface area contributed by atoms with Crippen LogP contribution in [0.5, 0.6) is 0 Å². The van der Waals surface area contributed by atoms with Crippen molar-refractivity contribution in [1.29, 1.82) is 0 Å². The molecule has 0 unspecified atom stereocenters. The van der Waals surface area contributed by atoms with Gasteiger partial charge in [-0.2, -0.15) is 17.7 Å². The maximum absolute atomic E-state index is 11.9. The molecule has 0 aliphatic rings. The van der Waals surface area contributed by atoms with E-state index in [-0.39, 0.29) is 18.3 Å². The molecule has 0 saturated carbocycles. The lowest BCUT2D eigenvalue weighted by Gasteiger charge is -2.14. The number of carbonyl (C=O) groups is 2. The quantitative estimate of drug-likeness (QED) is 0.597. The first-order valence-corrected chi connectivity index (χ1v) is 6.21. The average molecular weight is 271 g/mol. The summed E-state index contributed by atoms with van der Waals surface area (Å²) in [7, 11) is 1.67. The third-order valence-corrected chi connectivity index (χ3v) is 2.66. The van der Waals surface area contributed by atoms with E-state index >= 15 is 0 Å². The second-order valence-electron chi connectivity index (χ2n) is 3.76. The smallest absolute Gasteiger partial charge is 0.329 e. The highest BCUT2D eigenvalue weighted by molar-refractivity contribution is 7.80. The molecule has 6 nitrogen and oxygen atoms in total. The molecule has 1 aromatic rings. The van der Waals surface area contributed by atoms with Gasteiger partial charge in [-0.25, -0.2) is 4.79 Å². The molecule has 0 bridgehead atoms. The van der Waals surface area contributed by atoms with E-state index in [4.69, 9.17) is 4.74 Å². The highest BCUT2D eigenvalue weighted by Gasteiger charge is 2.22. The molecule has 0 spiro atoms. The number of ether oxygens (including phenoxy) is 1. The third-order valence-electron chi connectivity index (χ3n) is 2.29. The van der Waals surface area contributed by atoms with Crippen molar-refractivity contribution in [3.63, 3.8) is 0 Å². The Morgan fingerprint density at radius 1 is 1.61 bits per heavy atom. The number of aromatic nitrogens is 2. The van der Waals surface area contributed by atoms with Gasteiger partial charge in [0.2, 0.25) is 0 Å². The molecule has 1 heterocycles. The molecule has 0 aliphatic heterocycles. The van der Waals surface area contributed by atoms with E-state index in [2.05, 4.69) is 23.0 Å². The number of nitrogens with one attached hydrogen (secondary N) is 1. The van der Waals surface area contributed by atoms with Gasteiger partial charge >= 0.3 is 5.97 Å². The summed E-state index contributed by atoms with van der Waals surface area (Å²) in [5, 5.41) is 6.64. The van der Waals surface area contributed by atoms with Gasteiger partial charge in [0.15, 0.2) is 0 Å². The molecule has 1 amide bonds. The molecule has 0 fully saturated rings. The lowest BCUT2D eigenvalue weighted by molar-refractivity contribution is -0.144. The van der Waals surface area contributed by atoms with Crippen molar-refractivity contribution in [3.05, 3.63) is 17.5 Å². The zero-order valence-corrected chi connectivity index (χ0v) is 11.5. The standard InChI is InChI=1S/C11H17N3O3S/c1-4-17-11(16)8(6-18)12-10(15)9-5-7(2)13-14(9)3/h5,8,18H,4,6H2,1-3H3,(H,12,15)/t8-/m0/s1. The van der Waals surface area contributed by atoms with Gasteiger partial charge in [0.1, 0.15) is 11.7 Å². The Bertz CT molecular complexity index is 445. The topological polar surface area (TPSA) is 73.2 Å². The van der Waals surface area contributed by atoms with Crippen molar-refractivity contribution in [1.82, 2.24) is 15.1 Å². The van der Waals surface area contributed by atoms with Gasteiger partial charge in [-0.1, -0.05) is 0 Å². The van der Waals surface area contributed by atoms with Gasteiger partial charge < -0.3 is 10.1 Å². The number of thiol groups is 1. The normalized spacial score (nSPS) is 12.0. The van der Waals surface area contributed by atoms with Crippen molar-refractivity contribution in [2.75, 3.05) is 12.4 Å². The van der Waals surface area contributed by atoms with Crippen molar-refractivity contribution >= 4 is 24.5 Å². The number of esters is 1. The molecule has 0 aromatic carbocycles. The molecule has 7 heteroatoms. The number of amides is 1. The number of aryl methyl sites for hydroxylation is 2. The number of nitrogens with zero attached hydrogens (tertiary/aromatic N) is 2. The summed E-state index contributed by atoms with van der Waals surface area (Å²) >= 11 is 4.03. The summed E-state index contributed by atoms with van der Waals surface area (Å²) < 4.78 is 6.31. The molecule has 1 atom stereocenters. The average Bonchev–Trinajstić information content (AvgIpc) is 2.65. The van der Waals surface area contributed by atoms with Crippen LogP contribution in [0, 0.1) is 6.92 Å². The summed E-state index contributed by atoms with van der Waals surface area (Å²) in [6.07, 6.45) is 0. The minimum absolute atomic E-state index is 0.182.